The summed E-state index contributed by atoms with van der Waals surface area (Å²) in [4.78, 5) is 11.8. The number of carbonyl (C=O) groups is 1. The van der Waals surface area contributed by atoms with Crippen molar-refractivity contribution in [1.29, 1.82) is 0 Å². The van der Waals surface area contributed by atoms with E-state index in [4.69, 9.17) is 5.11 Å². The molecule has 0 heterocycles. The highest BCUT2D eigenvalue weighted by Gasteiger charge is 2.13. The molecule has 0 spiro atoms. The molecule has 0 aliphatic rings. The third-order valence-corrected chi connectivity index (χ3v) is 2.77. The van der Waals surface area contributed by atoms with Gasteiger partial charge in [0.05, 0.1) is 12.5 Å². The summed E-state index contributed by atoms with van der Waals surface area (Å²) >= 11 is 0. The lowest BCUT2D eigenvalue weighted by Crippen LogP contribution is -2.24. The summed E-state index contributed by atoms with van der Waals surface area (Å²) in [5.74, 6) is -0.250. The van der Waals surface area contributed by atoms with Crippen LogP contribution in [0.2, 0.25) is 0 Å². The molecular formula is C14H19NO2. The Labute approximate surface area is 102 Å². The third-order valence-electron chi connectivity index (χ3n) is 2.77. The predicted octanol–water partition coefficient (Wildman–Crippen LogP) is 2.19. The van der Waals surface area contributed by atoms with Gasteiger partial charge in [-0.2, -0.15) is 0 Å². The SMILES string of the molecule is CC/C(=C/NC(=O)C(C)c1ccccc1)CO. The lowest BCUT2D eigenvalue weighted by Gasteiger charge is -2.11. The second kappa shape index (κ2) is 6.86. The summed E-state index contributed by atoms with van der Waals surface area (Å²) in [6.45, 7) is 3.79. The second-order valence-electron chi connectivity index (χ2n) is 3.96. The Morgan fingerprint density at radius 3 is 2.59 bits per heavy atom. The monoisotopic (exact) mass is 233 g/mol. The number of hydrogen-bond donors (Lipinski definition) is 2. The van der Waals surface area contributed by atoms with Crippen molar-refractivity contribution in [3.05, 3.63) is 47.7 Å². The average Bonchev–Trinajstić information content (AvgIpc) is 2.39. The molecule has 1 amide bonds. The molecule has 3 heteroatoms. The summed E-state index contributed by atoms with van der Waals surface area (Å²) in [6.07, 6.45) is 2.33. The molecule has 1 unspecified atom stereocenters. The van der Waals surface area contributed by atoms with Gasteiger partial charge in [0.2, 0.25) is 5.91 Å². The van der Waals surface area contributed by atoms with Crippen LogP contribution in [0.15, 0.2) is 42.1 Å². The molecule has 92 valence electrons. The molecule has 0 saturated carbocycles. The number of rotatable bonds is 5. The van der Waals surface area contributed by atoms with Crippen LogP contribution in [0.4, 0.5) is 0 Å². The quantitative estimate of drug-likeness (QED) is 0.819. The number of amides is 1. The fourth-order valence-corrected chi connectivity index (χ4v) is 1.45. The highest BCUT2D eigenvalue weighted by atomic mass is 16.3. The Kier molecular flexibility index (Phi) is 5.43. The summed E-state index contributed by atoms with van der Waals surface area (Å²) < 4.78 is 0. The molecule has 17 heavy (non-hydrogen) atoms. The minimum Gasteiger partial charge on any atom is -0.392 e. The maximum Gasteiger partial charge on any atom is 0.231 e. The van der Waals surface area contributed by atoms with E-state index >= 15 is 0 Å². The number of benzene rings is 1. The van der Waals surface area contributed by atoms with Gasteiger partial charge in [0.15, 0.2) is 0 Å². The van der Waals surface area contributed by atoms with E-state index in [-0.39, 0.29) is 18.4 Å². The van der Waals surface area contributed by atoms with Crippen LogP contribution < -0.4 is 5.32 Å². The Morgan fingerprint density at radius 1 is 1.41 bits per heavy atom. The summed E-state index contributed by atoms with van der Waals surface area (Å²) in [5.41, 5.74) is 1.80. The molecule has 1 aromatic rings. The lowest BCUT2D eigenvalue weighted by molar-refractivity contribution is -0.121. The largest absolute Gasteiger partial charge is 0.392 e. The number of carbonyl (C=O) groups excluding carboxylic acids is 1. The molecule has 0 aliphatic heterocycles. The number of aliphatic hydroxyl groups excluding tert-OH is 1. The van der Waals surface area contributed by atoms with Crippen LogP contribution in [0, 0.1) is 0 Å². The zero-order valence-electron chi connectivity index (χ0n) is 10.3. The summed E-state index contributed by atoms with van der Waals surface area (Å²) in [7, 11) is 0. The third kappa shape index (κ3) is 4.04. The van der Waals surface area contributed by atoms with Gasteiger partial charge in [0, 0.05) is 6.20 Å². The van der Waals surface area contributed by atoms with Crippen molar-refractivity contribution in [3.8, 4) is 0 Å². The van der Waals surface area contributed by atoms with E-state index in [1.165, 1.54) is 0 Å². The molecule has 0 aliphatic carbocycles. The molecule has 3 nitrogen and oxygen atoms in total. The van der Waals surface area contributed by atoms with E-state index in [0.717, 1.165) is 17.6 Å². The van der Waals surface area contributed by atoms with Crippen LogP contribution in [0.25, 0.3) is 0 Å². The number of nitrogens with one attached hydrogen (secondary N) is 1. The van der Waals surface area contributed by atoms with E-state index in [9.17, 15) is 4.79 Å². The smallest absolute Gasteiger partial charge is 0.231 e. The molecule has 0 aromatic heterocycles. The van der Waals surface area contributed by atoms with Crippen LogP contribution >= 0.6 is 0 Å². The van der Waals surface area contributed by atoms with Crippen molar-refractivity contribution in [3.63, 3.8) is 0 Å². The van der Waals surface area contributed by atoms with Crippen LogP contribution in [0.3, 0.4) is 0 Å². The Bertz CT molecular complexity index is 378. The van der Waals surface area contributed by atoms with Crippen LogP contribution in [-0.4, -0.2) is 17.6 Å². The van der Waals surface area contributed by atoms with Crippen molar-refractivity contribution < 1.29 is 9.90 Å². The molecule has 0 bridgehead atoms. The minimum atomic E-state index is -0.191. The van der Waals surface area contributed by atoms with Crippen LogP contribution in [0.5, 0.6) is 0 Å². The molecule has 2 N–H and O–H groups in total. The Balaban J connectivity index is 2.62. The van der Waals surface area contributed by atoms with Gasteiger partial charge in [-0.3, -0.25) is 4.79 Å². The van der Waals surface area contributed by atoms with Crippen molar-refractivity contribution in [2.75, 3.05) is 6.61 Å². The minimum absolute atomic E-state index is 0.0174. The van der Waals surface area contributed by atoms with E-state index in [1.54, 1.807) is 6.20 Å². The molecule has 0 radical (unpaired) electrons. The summed E-state index contributed by atoms with van der Waals surface area (Å²) in [5, 5.41) is 11.7. The van der Waals surface area contributed by atoms with E-state index in [1.807, 2.05) is 44.2 Å². The molecular weight excluding hydrogens is 214 g/mol. The van der Waals surface area contributed by atoms with Gasteiger partial charge in [-0.1, -0.05) is 37.3 Å². The maximum atomic E-state index is 11.8. The van der Waals surface area contributed by atoms with E-state index in [2.05, 4.69) is 5.32 Å². The van der Waals surface area contributed by atoms with E-state index in [0.29, 0.717) is 0 Å². The highest BCUT2D eigenvalue weighted by molar-refractivity contribution is 5.84. The van der Waals surface area contributed by atoms with Crippen LogP contribution in [0.1, 0.15) is 31.7 Å². The number of aliphatic hydroxyl groups is 1. The van der Waals surface area contributed by atoms with Gasteiger partial charge in [-0.05, 0) is 24.5 Å². The Morgan fingerprint density at radius 2 is 2.06 bits per heavy atom. The molecule has 1 rings (SSSR count). The zero-order chi connectivity index (χ0) is 12.7. The van der Waals surface area contributed by atoms with Crippen molar-refractivity contribution in [2.45, 2.75) is 26.2 Å². The second-order valence-corrected chi connectivity index (χ2v) is 3.96. The topological polar surface area (TPSA) is 49.3 Å². The van der Waals surface area contributed by atoms with Gasteiger partial charge >= 0.3 is 0 Å². The van der Waals surface area contributed by atoms with Crippen molar-refractivity contribution in [2.24, 2.45) is 0 Å². The number of hydrogen-bond acceptors (Lipinski definition) is 2. The molecule has 0 saturated heterocycles. The molecule has 1 aromatic carbocycles. The maximum absolute atomic E-state index is 11.8. The predicted molar refractivity (Wildman–Crippen MR) is 68.5 cm³/mol. The Hall–Kier alpha value is -1.61. The van der Waals surface area contributed by atoms with Gasteiger partial charge in [-0.15, -0.1) is 0 Å². The van der Waals surface area contributed by atoms with Crippen molar-refractivity contribution >= 4 is 5.91 Å². The normalized spacial score (nSPS) is 13.2. The fraction of sp³-hybridized carbons (Fsp3) is 0.357. The highest BCUT2D eigenvalue weighted by Crippen LogP contribution is 2.14. The standard InChI is InChI=1S/C14H19NO2/c1-3-12(10-16)9-15-14(17)11(2)13-7-5-4-6-8-13/h4-9,11,16H,3,10H2,1-2H3,(H,15,17)/b12-9-. The van der Waals surface area contributed by atoms with Crippen molar-refractivity contribution in [1.82, 2.24) is 5.32 Å². The fourth-order valence-electron chi connectivity index (χ4n) is 1.45. The first kappa shape index (κ1) is 13.5. The van der Waals surface area contributed by atoms with Gasteiger partial charge in [-0.25, -0.2) is 0 Å². The first-order valence-corrected chi connectivity index (χ1v) is 5.83. The van der Waals surface area contributed by atoms with Crippen LogP contribution in [-0.2, 0) is 4.79 Å². The van der Waals surface area contributed by atoms with Gasteiger partial charge < -0.3 is 10.4 Å². The first-order chi connectivity index (χ1) is 8.19. The lowest BCUT2D eigenvalue weighted by atomic mass is 10.0. The average molecular weight is 233 g/mol. The van der Waals surface area contributed by atoms with Gasteiger partial charge in [0.25, 0.3) is 0 Å². The van der Waals surface area contributed by atoms with E-state index < -0.39 is 0 Å². The molecule has 1 atom stereocenters. The molecule has 0 fully saturated rings. The zero-order valence-corrected chi connectivity index (χ0v) is 10.3. The summed E-state index contributed by atoms with van der Waals surface area (Å²) in [6, 6.07) is 9.62. The van der Waals surface area contributed by atoms with Gasteiger partial charge in [0.1, 0.15) is 0 Å². The first-order valence-electron chi connectivity index (χ1n) is 5.83.